The van der Waals surface area contributed by atoms with Crippen LogP contribution in [0.25, 0.3) is 0 Å². The predicted molar refractivity (Wildman–Crippen MR) is 127 cm³/mol. The fraction of sp³-hybridized carbons (Fsp3) is 0.167. The first-order valence-electron chi connectivity index (χ1n) is 8.34. The van der Waals surface area contributed by atoms with Gasteiger partial charge in [-0.1, -0.05) is 47.5 Å². The van der Waals surface area contributed by atoms with Gasteiger partial charge in [0.2, 0.25) is 10.0 Å². The first-order chi connectivity index (χ1) is 15.7. The molecule has 0 unspecified atom stereocenters. The molecule has 0 spiro atoms. The summed E-state index contributed by atoms with van der Waals surface area (Å²) >= 11 is 15.8. The van der Waals surface area contributed by atoms with Gasteiger partial charge in [0.1, 0.15) is 9.79 Å². The number of halogens is 3. The number of nitrogens with one attached hydrogen (secondary N) is 1. The van der Waals surface area contributed by atoms with Crippen LogP contribution in [0.1, 0.15) is 6.92 Å². The van der Waals surface area contributed by atoms with Gasteiger partial charge in [-0.15, -0.1) is 0 Å². The van der Waals surface area contributed by atoms with Crippen molar-refractivity contribution in [1.29, 1.82) is 5.26 Å². The molecular weight excluding hydrogens is 557 g/mol. The number of carbonyl (C=O) groups excluding carboxylic acids is 2. The Hall–Kier alpha value is -2.60. The molecule has 2 aromatic carbocycles. The van der Waals surface area contributed by atoms with E-state index in [1.807, 2.05) is 0 Å². The third-order valence-electron chi connectivity index (χ3n) is 2.83. The summed E-state index contributed by atoms with van der Waals surface area (Å²) < 4.78 is 54.3. The van der Waals surface area contributed by atoms with Crippen molar-refractivity contribution in [2.75, 3.05) is 14.2 Å². The van der Waals surface area contributed by atoms with Gasteiger partial charge in [-0.25, -0.2) is 36.3 Å². The summed E-state index contributed by atoms with van der Waals surface area (Å²) in [5, 5.41) is 12.3. The predicted octanol–water partition coefficient (Wildman–Crippen LogP) is 3.89. The lowest BCUT2D eigenvalue weighted by Gasteiger charge is -2.06. The molecular formula is C18H20Cl3N3O8S2. The molecule has 0 heterocycles. The lowest BCUT2D eigenvalue weighted by Crippen LogP contribution is -2.30. The SMILES string of the molecule is CC#N.COC(=O)Cl.COC(=O)NS(=O)(=O)c1ccccc1Cl.NS(=O)(=O)c1ccccc1Cl. The zero-order chi connectivity index (χ0) is 26.9. The highest BCUT2D eigenvalue weighted by molar-refractivity contribution is 7.90. The normalized spacial score (nSPS) is 9.71. The lowest BCUT2D eigenvalue weighted by molar-refractivity contribution is 0.177. The van der Waals surface area contributed by atoms with Crippen molar-refractivity contribution in [2.24, 2.45) is 5.14 Å². The molecule has 34 heavy (non-hydrogen) atoms. The molecule has 11 nitrogen and oxygen atoms in total. The molecule has 0 saturated carbocycles. The number of nitrogens with zero attached hydrogens (tertiary/aromatic N) is 1. The monoisotopic (exact) mass is 575 g/mol. The summed E-state index contributed by atoms with van der Waals surface area (Å²) in [6.07, 6.45) is -1.06. The van der Waals surface area contributed by atoms with E-state index in [1.165, 1.54) is 44.4 Å². The number of sulfonamides is 2. The van der Waals surface area contributed by atoms with E-state index in [2.05, 4.69) is 21.1 Å². The number of nitriles is 1. The van der Waals surface area contributed by atoms with Crippen molar-refractivity contribution >= 4 is 66.4 Å². The van der Waals surface area contributed by atoms with Crippen LogP contribution in [0.15, 0.2) is 58.3 Å². The fourth-order valence-corrected chi connectivity index (χ4v) is 4.05. The minimum atomic E-state index is -3.96. The lowest BCUT2D eigenvalue weighted by atomic mass is 10.4. The van der Waals surface area contributed by atoms with E-state index in [0.29, 0.717) is 0 Å². The average molecular weight is 577 g/mol. The van der Waals surface area contributed by atoms with Crippen LogP contribution in [-0.4, -0.2) is 42.6 Å². The highest BCUT2D eigenvalue weighted by Gasteiger charge is 2.20. The van der Waals surface area contributed by atoms with Crippen molar-refractivity contribution in [2.45, 2.75) is 16.7 Å². The number of methoxy groups -OCH3 is 2. The van der Waals surface area contributed by atoms with Gasteiger partial charge < -0.3 is 9.47 Å². The maximum absolute atomic E-state index is 11.5. The van der Waals surface area contributed by atoms with E-state index in [1.54, 1.807) is 29.0 Å². The smallest absolute Gasteiger partial charge is 0.420 e. The fourth-order valence-electron chi connectivity index (χ4n) is 1.54. The van der Waals surface area contributed by atoms with E-state index in [0.717, 1.165) is 7.11 Å². The largest absolute Gasteiger partial charge is 0.457 e. The second-order valence-corrected chi connectivity index (χ2v) is 9.47. The number of primary sulfonamides is 1. The first-order valence-corrected chi connectivity index (χ1v) is 12.5. The maximum Gasteiger partial charge on any atom is 0.420 e. The number of carbonyl (C=O) groups is 2. The second kappa shape index (κ2) is 16.9. The molecule has 0 aliphatic rings. The average Bonchev–Trinajstić information content (AvgIpc) is 2.74. The number of ether oxygens (including phenoxy) is 2. The van der Waals surface area contributed by atoms with Crippen LogP contribution in [0.5, 0.6) is 0 Å². The van der Waals surface area contributed by atoms with Gasteiger partial charge in [0.25, 0.3) is 10.0 Å². The molecule has 2 rings (SSSR count). The molecule has 2 aromatic rings. The number of rotatable bonds is 3. The molecule has 0 radical (unpaired) electrons. The third-order valence-corrected chi connectivity index (χ3v) is 6.21. The number of hydrogen-bond acceptors (Lipinski definition) is 9. The van der Waals surface area contributed by atoms with Crippen LogP contribution < -0.4 is 9.86 Å². The van der Waals surface area contributed by atoms with Crippen molar-refractivity contribution in [1.82, 2.24) is 4.72 Å². The molecule has 0 aliphatic carbocycles. The van der Waals surface area contributed by atoms with Gasteiger partial charge in [-0.3, -0.25) is 0 Å². The highest BCUT2D eigenvalue weighted by atomic mass is 35.5. The van der Waals surface area contributed by atoms with Crippen molar-refractivity contribution in [3.05, 3.63) is 58.6 Å². The van der Waals surface area contributed by atoms with Crippen LogP contribution in [0.2, 0.25) is 10.0 Å². The molecule has 0 aromatic heterocycles. The van der Waals surface area contributed by atoms with Gasteiger partial charge in [0.05, 0.1) is 30.3 Å². The zero-order valence-corrected chi connectivity index (χ0v) is 21.8. The van der Waals surface area contributed by atoms with Crippen molar-refractivity contribution in [3.63, 3.8) is 0 Å². The molecule has 0 atom stereocenters. The Morgan fingerprint density at radius 1 is 0.912 bits per heavy atom. The topological polar surface area (TPSA) is 183 Å². The van der Waals surface area contributed by atoms with E-state index >= 15 is 0 Å². The van der Waals surface area contributed by atoms with Crippen LogP contribution >= 0.6 is 34.8 Å². The highest BCUT2D eigenvalue weighted by Crippen LogP contribution is 2.20. The van der Waals surface area contributed by atoms with Gasteiger partial charge in [-0.2, -0.15) is 5.26 Å². The molecule has 0 bridgehead atoms. The van der Waals surface area contributed by atoms with Crippen LogP contribution in [0.4, 0.5) is 9.59 Å². The number of nitrogens with two attached hydrogens (primary N) is 1. The van der Waals surface area contributed by atoms with Crippen LogP contribution in [0.3, 0.4) is 0 Å². The molecule has 0 fully saturated rings. The summed E-state index contributed by atoms with van der Waals surface area (Å²) in [6, 6.07) is 13.6. The Morgan fingerprint density at radius 2 is 1.26 bits per heavy atom. The summed E-state index contributed by atoms with van der Waals surface area (Å²) in [7, 11) is -5.34. The summed E-state index contributed by atoms with van der Waals surface area (Å²) in [5.74, 6) is 0. The molecule has 188 valence electrons. The molecule has 0 saturated heterocycles. The molecule has 16 heteroatoms. The van der Waals surface area contributed by atoms with E-state index in [9.17, 15) is 26.4 Å². The summed E-state index contributed by atoms with van der Waals surface area (Å²) in [5.41, 5.74) is -0.773. The number of hydrogen-bond donors (Lipinski definition) is 2. The number of amides is 1. The van der Waals surface area contributed by atoms with Gasteiger partial charge in [0.15, 0.2) is 0 Å². The summed E-state index contributed by atoms with van der Waals surface area (Å²) in [6.45, 7) is 1.43. The second-order valence-electron chi connectivity index (χ2n) is 5.17. The summed E-state index contributed by atoms with van der Waals surface area (Å²) in [4.78, 5) is 19.9. The standard InChI is InChI=1S/C8H8ClNO4S.C6H6ClNO2S.C2H3ClO2.C2H3N/c1-14-8(11)10-15(12,13)7-5-3-2-4-6(7)9;7-5-3-1-2-4-6(5)11(8,9)10;1-5-2(3)4;1-2-3/h2-5H,1H3,(H,10,11);1-4H,(H2,8,9,10);1H3;1H3. The minimum Gasteiger partial charge on any atom is -0.457 e. The zero-order valence-electron chi connectivity index (χ0n) is 17.9. The van der Waals surface area contributed by atoms with E-state index in [4.69, 9.17) is 33.6 Å². The molecule has 3 N–H and O–H groups in total. The van der Waals surface area contributed by atoms with Gasteiger partial charge >= 0.3 is 11.5 Å². The first kappa shape index (κ1) is 33.6. The maximum atomic E-state index is 11.5. The third kappa shape index (κ3) is 14.5. The van der Waals surface area contributed by atoms with Gasteiger partial charge in [0, 0.05) is 18.5 Å². The van der Waals surface area contributed by atoms with E-state index < -0.39 is 31.6 Å². The molecule has 1 amide bonds. The van der Waals surface area contributed by atoms with Gasteiger partial charge in [-0.05, 0) is 24.3 Å². The van der Waals surface area contributed by atoms with Crippen LogP contribution in [0, 0.1) is 11.3 Å². The Morgan fingerprint density at radius 3 is 1.53 bits per heavy atom. The Kier molecular flexibility index (Phi) is 16.7. The Bertz CT molecular complexity index is 1200. The molecule has 0 aliphatic heterocycles. The Labute approximate surface area is 212 Å². The quantitative estimate of drug-likeness (QED) is 0.512. The van der Waals surface area contributed by atoms with E-state index in [-0.39, 0.29) is 19.8 Å². The minimum absolute atomic E-state index is 0.0360. The number of benzene rings is 2. The van der Waals surface area contributed by atoms with Crippen LogP contribution in [-0.2, 0) is 29.5 Å². The Balaban J connectivity index is 0. The van der Waals surface area contributed by atoms with Crippen molar-refractivity contribution < 1.29 is 35.9 Å². The van der Waals surface area contributed by atoms with Crippen molar-refractivity contribution in [3.8, 4) is 6.07 Å².